The molecule has 0 aromatic rings. The van der Waals surface area contributed by atoms with Gasteiger partial charge in [-0.2, -0.15) is 0 Å². The average Bonchev–Trinajstić information content (AvgIpc) is 2.48. The topological polar surface area (TPSA) is 65.0 Å². The zero-order valence-electron chi connectivity index (χ0n) is 11.0. The van der Waals surface area contributed by atoms with Gasteiger partial charge >= 0.3 is 5.97 Å². The number of cyclic esters (lactones) is 1. The zero-order valence-corrected chi connectivity index (χ0v) is 11.0. The number of hydrogen-bond acceptors (Lipinski definition) is 5. The second-order valence-electron chi connectivity index (χ2n) is 5.33. The molecule has 2 heterocycles. The molecule has 102 valence electrons. The maximum Gasteiger partial charge on any atom is 0.308 e. The van der Waals surface area contributed by atoms with E-state index < -0.39 is 11.9 Å². The highest BCUT2D eigenvalue weighted by Gasteiger charge is 2.41. The number of fused-ring (bicyclic) bond motifs is 1. The summed E-state index contributed by atoms with van der Waals surface area (Å²) in [5.41, 5.74) is 0. The molecule has 0 aromatic heterocycles. The van der Waals surface area contributed by atoms with Crippen LogP contribution in [0, 0.1) is 0 Å². The van der Waals surface area contributed by atoms with Crippen molar-refractivity contribution in [2.24, 2.45) is 0 Å². The van der Waals surface area contributed by atoms with E-state index in [0.717, 1.165) is 0 Å². The first-order valence-electron chi connectivity index (χ1n) is 6.27. The molecule has 0 unspecified atom stereocenters. The summed E-state index contributed by atoms with van der Waals surface area (Å²) in [7, 11) is 0. The van der Waals surface area contributed by atoms with E-state index in [2.05, 4.69) is 0 Å². The molecule has 5 nitrogen and oxygen atoms in total. The highest BCUT2D eigenvalue weighted by atomic mass is 16.8. The molecule has 4 atom stereocenters. The highest BCUT2D eigenvalue weighted by molar-refractivity contribution is 5.70. The molecule has 0 aromatic carbocycles. The summed E-state index contributed by atoms with van der Waals surface area (Å²) in [5, 5.41) is 9.76. The highest BCUT2D eigenvalue weighted by Crippen LogP contribution is 2.31. The first-order valence-corrected chi connectivity index (χ1v) is 6.27. The van der Waals surface area contributed by atoms with E-state index in [4.69, 9.17) is 14.2 Å². The number of ether oxygens (including phenoxy) is 3. The van der Waals surface area contributed by atoms with Gasteiger partial charge < -0.3 is 19.3 Å². The Kier molecular flexibility index (Phi) is 3.75. The lowest BCUT2D eigenvalue weighted by Gasteiger charge is -2.20. The summed E-state index contributed by atoms with van der Waals surface area (Å²) >= 11 is 0. The molecule has 18 heavy (non-hydrogen) atoms. The van der Waals surface area contributed by atoms with Gasteiger partial charge in [0.05, 0.1) is 12.5 Å². The first-order chi connectivity index (χ1) is 8.35. The quantitative estimate of drug-likeness (QED) is 0.520. The van der Waals surface area contributed by atoms with Crippen molar-refractivity contribution < 1.29 is 24.1 Å². The lowest BCUT2D eigenvalue weighted by Crippen LogP contribution is -2.29. The van der Waals surface area contributed by atoms with Crippen LogP contribution in [0.3, 0.4) is 0 Å². The van der Waals surface area contributed by atoms with E-state index in [1.165, 1.54) is 0 Å². The van der Waals surface area contributed by atoms with Gasteiger partial charge in [0.15, 0.2) is 5.79 Å². The first kappa shape index (κ1) is 13.5. The minimum atomic E-state index is -0.718. The van der Waals surface area contributed by atoms with Crippen LogP contribution in [-0.2, 0) is 19.0 Å². The summed E-state index contributed by atoms with van der Waals surface area (Å²) in [4.78, 5) is 11.7. The Hall–Kier alpha value is -0.910. The van der Waals surface area contributed by atoms with Crippen molar-refractivity contribution in [3.05, 3.63) is 12.2 Å². The van der Waals surface area contributed by atoms with E-state index in [-0.39, 0.29) is 30.7 Å². The molecule has 2 aliphatic rings. The van der Waals surface area contributed by atoms with Crippen LogP contribution in [0.25, 0.3) is 0 Å². The number of rotatable bonds is 0. The number of aliphatic hydroxyl groups is 1. The Balaban J connectivity index is 2.16. The number of carbonyl (C=O) groups is 1. The molecule has 0 saturated carbocycles. The van der Waals surface area contributed by atoms with E-state index >= 15 is 0 Å². The molecule has 2 aliphatic heterocycles. The van der Waals surface area contributed by atoms with Gasteiger partial charge in [0.1, 0.15) is 18.3 Å². The number of hydrogen-bond donors (Lipinski definition) is 1. The van der Waals surface area contributed by atoms with Gasteiger partial charge in [0.2, 0.25) is 0 Å². The molecule has 1 fully saturated rings. The summed E-state index contributed by atoms with van der Waals surface area (Å²) in [5.74, 6) is -1.04. The lowest BCUT2D eigenvalue weighted by atomic mass is 10.1. The molecule has 0 spiro atoms. The van der Waals surface area contributed by atoms with Crippen molar-refractivity contribution in [2.45, 2.75) is 63.8 Å². The van der Waals surface area contributed by atoms with Crippen molar-refractivity contribution in [1.82, 2.24) is 0 Å². The number of aliphatic hydroxyl groups excluding tert-OH is 1. The normalized spacial score (nSPS) is 41.9. The Morgan fingerprint density at radius 1 is 1.33 bits per heavy atom. The van der Waals surface area contributed by atoms with Crippen molar-refractivity contribution in [1.29, 1.82) is 0 Å². The molecule has 0 radical (unpaired) electrons. The minimum absolute atomic E-state index is 0.166. The van der Waals surface area contributed by atoms with Gasteiger partial charge in [0, 0.05) is 6.42 Å². The number of carbonyl (C=O) groups excluding carboxylic acids is 1. The molecule has 2 rings (SSSR count). The molecule has 0 aliphatic carbocycles. The van der Waals surface area contributed by atoms with E-state index in [1.807, 2.05) is 0 Å². The summed E-state index contributed by atoms with van der Waals surface area (Å²) < 4.78 is 16.6. The van der Waals surface area contributed by atoms with Crippen LogP contribution in [0.4, 0.5) is 0 Å². The average molecular weight is 256 g/mol. The van der Waals surface area contributed by atoms with Gasteiger partial charge in [-0.25, -0.2) is 0 Å². The third-order valence-electron chi connectivity index (χ3n) is 3.02. The standard InChI is InChI=1S/C13H20O5/c1-8-6-9(14)4-5-10-11(7-12(15)16-8)18-13(2,3)17-10/h4-5,8-11,14H,6-7H2,1-3H3/b5-4+/t8-,9+,10+,11+/m1/s1. The third kappa shape index (κ3) is 3.31. The SMILES string of the molecule is C[C@@H]1C[C@@H](O)/C=C/[C@@H]2OC(C)(C)O[C@H]2CC(=O)O1. The minimum Gasteiger partial charge on any atom is -0.462 e. The lowest BCUT2D eigenvalue weighted by molar-refractivity contribution is -0.158. The van der Waals surface area contributed by atoms with Gasteiger partial charge in [0.25, 0.3) is 0 Å². The Labute approximate surface area is 107 Å². The van der Waals surface area contributed by atoms with E-state index in [0.29, 0.717) is 6.42 Å². The fourth-order valence-corrected chi connectivity index (χ4v) is 2.33. The number of esters is 1. The molecular formula is C13H20O5. The van der Waals surface area contributed by atoms with Gasteiger partial charge in [-0.1, -0.05) is 12.2 Å². The predicted octanol–water partition coefficient (Wildman–Crippen LogP) is 1.15. The van der Waals surface area contributed by atoms with Crippen LogP contribution < -0.4 is 0 Å². The molecule has 0 amide bonds. The Morgan fingerprint density at radius 2 is 2.06 bits per heavy atom. The summed E-state index contributed by atoms with van der Waals surface area (Å²) in [6, 6.07) is 0. The second kappa shape index (κ2) is 4.99. The van der Waals surface area contributed by atoms with Gasteiger partial charge in [-0.05, 0) is 20.8 Å². The van der Waals surface area contributed by atoms with Gasteiger partial charge in [-0.3, -0.25) is 4.79 Å². The maximum atomic E-state index is 11.7. The van der Waals surface area contributed by atoms with Crippen molar-refractivity contribution >= 4 is 5.97 Å². The van der Waals surface area contributed by atoms with E-state index in [1.54, 1.807) is 32.9 Å². The second-order valence-corrected chi connectivity index (χ2v) is 5.33. The van der Waals surface area contributed by atoms with Crippen LogP contribution in [-0.4, -0.2) is 41.3 Å². The Bertz CT molecular complexity index is 349. The van der Waals surface area contributed by atoms with Crippen LogP contribution in [0.15, 0.2) is 12.2 Å². The molecule has 1 saturated heterocycles. The molecule has 5 heteroatoms. The van der Waals surface area contributed by atoms with Crippen molar-refractivity contribution in [3.63, 3.8) is 0 Å². The zero-order chi connectivity index (χ0) is 13.3. The smallest absolute Gasteiger partial charge is 0.308 e. The fourth-order valence-electron chi connectivity index (χ4n) is 2.33. The monoisotopic (exact) mass is 256 g/mol. The van der Waals surface area contributed by atoms with Crippen molar-refractivity contribution in [2.75, 3.05) is 0 Å². The summed E-state index contributed by atoms with van der Waals surface area (Å²) in [6.45, 7) is 5.37. The van der Waals surface area contributed by atoms with Crippen LogP contribution in [0.1, 0.15) is 33.6 Å². The van der Waals surface area contributed by atoms with E-state index in [9.17, 15) is 9.90 Å². The Morgan fingerprint density at radius 3 is 2.78 bits per heavy atom. The third-order valence-corrected chi connectivity index (χ3v) is 3.02. The largest absolute Gasteiger partial charge is 0.462 e. The van der Waals surface area contributed by atoms with Crippen molar-refractivity contribution in [3.8, 4) is 0 Å². The summed E-state index contributed by atoms with van der Waals surface area (Å²) in [6.07, 6.45) is 2.38. The predicted molar refractivity (Wildman–Crippen MR) is 63.8 cm³/mol. The van der Waals surface area contributed by atoms with Gasteiger partial charge in [-0.15, -0.1) is 0 Å². The molecule has 1 N–H and O–H groups in total. The molecular weight excluding hydrogens is 236 g/mol. The maximum absolute atomic E-state index is 11.7. The van der Waals surface area contributed by atoms with Crippen LogP contribution >= 0.6 is 0 Å². The van der Waals surface area contributed by atoms with Crippen LogP contribution in [0.5, 0.6) is 0 Å². The fraction of sp³-hybridized carbons (Fsp3) is 0.769. The molecule has 0 bridgehead atoms. The van der Waals surface area contributed by atoms with Crippen LogP contribution in [0.2, 0.25) is 0 Å².